The zero-order valence-electron chi connectivity index (χ0n) is 9.53. The van der Waals surface area contributed by atoms with Crippen molar-refractivity contribution < 1.29 is 17.5 Å². The normalized spacial score (nSPS) is 11.5. The molecule has 7 heteroatoms. The molecule has 0 spiro atoms. The molecule has 102 valence electrons. The van der Waals surface area contributed by atoms with E-state index in [0.717, 1.165) is 0 Å². The first-order valence-electron chi connectivity index (χ1n) is 5.39. The third kappa shape index (κ3) is 6.42. The molecule has 0 radical (unpaired) electrons. The van der Waals surface area contributed by atoms with E-state index in [1.807, 2.05) is 0 Å². The average molecular weight is 315 g/mol. The van der Waals surface area contributed by atoms with Crippen molar-refractivity contribution in [3.05, 3.63) is 29.0 Å². The summed E-state index contributed by atoms with van der Waals surface area (Å²) in [6.45, 7) is 0.392. The second kappa shape index (κ2) is 7.16. The van der Waals surface area contributed by atoms with E-state index in [1.54, 1.807) is 6.07 Å². The molecular formula is C11H13Cl2FO3S. The Hall–Kier alpha value is -0.520. The van der Waals surface area contributed by atoms with Gasteiger partial charge in [0.15, 0.2) is 0 Å². The molecule has 0 N–H and O–H groups in total. The summed E-state index contributed by atoms with van der Waals surface area (Å²) < 4.78 is 39.6. The summed E-state index contributed by atoms with van der Waals surface area (Å²) in [5.74, 6) is -0.159. The second-order valence-corrected chi connectivity index (χ2v) is 7.03. The van der Waals surface area contributed by atoms with E-state index < -0.39 is 14.9 Å². The molecule has 0 aromatic heterocycles. The fourth-order valence-electron chi connectivity index (χ4n) is 1.31. The van der Waals surface area contributed by atoms with E-state index in [1.165, 1.54) is 12.1 Å². The maximum atomic E-state index is 13.0. The highest BCUT2D eigenvalue weighted by Crippen LogP contribution is 2.20. The molecule has 3 nitrogen and oxygen atoms in total. The highest BCUT2D eigenvalue weighted by molar-refractivity contribution is 8.13. The van der Waals surface area contributed by atoms with Gasteiger partial charge in [-0.3, -0.25) is 0 Å². The van der Waals surface area contributed by atoms with Gasteiger partial charge in [0, 0.05) is 16.7 Å². The SMILES string of the molecule is O=S(=O)(Cl)CCCCCOc1ccc(Cl)c(F)c1. The second-order valence-electron chi connectivity index (χ2n) is 3.73. The van der Waals surface area contributed by atoms with Crippen molar-refractivity contribution in [1.82, 2.24) is 0 Å². The van der Waals surface area contributed by atoms with Crippen molar-refractivity contribution in [2.45, 2.75) is 19.3 Å². The minimum absolute atomic E-state index is 0.0376. The summed E-state index contributed by atoms with van der Waals surface area (Å²) in [6, 6.07) is 4.21. The number of rotatable bonds is 7. The van der Waals surface area contributed by atoms with Gasteiger partial charge in [-0.15, -0.1) is 0 Å². The zero-order valence-corrected chi connectivity index (χ0v) is 11.9. The van der Waals surface area contributed by atoms with Crippen LogP contribution in [0.5, 0.6) is 5.75 Å². The first-order valence-corrected chi connectivity index (χ1v) is 8.24. The minimum atomic E-state index is -3.41. The van der Waals surface area contributed by atoms with Crippen molar-refractivity contribution in [1.29, 1.82) is 0 Å². The molecule has 0 atom stereocenters. The number of halogens is 3. The molecule has 0 fully saturated rings. The van der Waals surface area contributed by atoms with Gasteiger partial charge in [0.05, 0.1) is 17.4 Å². The van der Waals surface area contributed by atoms with Gasteiger partial charge < -0.3 is 4.74 Å². The van der Waals surface area contributed by atoms with Crippen LogP contribution in [0.15, 0.2) is 18.2 Å². The predicted octanol–water partition coefficient (Wildman–Crippen LogP) is 3.60. The molecule has 0 saturated carbocycles. The van der Waals surface area contributed by atoms with Crippen LogP contribution in [-0.4, -0.2) is 20.8 Å². The molecule has 1 rings (SSSR count). The fourth-order valence-corrected chi connectivity index (χ4v) is 2.30. The summed E-state index contributed by atoms with van der Waals surface area (Å²) in [5, 5.41) is 0.0506. The molecule has 1 aromatic carbocycles. The van der Waals surface area contributed by atoms with Gasteiger partial charge in [-0.25, -0.2) is 12.8 Å². The van der Waals surface area contributed by atoms with Gasteiger partial charge in [-0.05, 0) is 31.4 Å². The summed E-state index contributed by atoms with van der Waals surface area (Å²) in [4.78, 5) is 0. The largest absolute Gasteiger partial charge is 0.493 e. The lowest BCUT2D eigenvalue weighted by Gasteiger charge is -2.06. The van der Waals surface area contributed by atoms with Gasteiger partial charge in [-0.2, -0.15) is 0 Å². The van der Waals surface area contributed by atoms with Crippen molar-refractivity contribution >= 4 is 31.3 Å². The first-order chi connectivity index (χ1) is 8.38. The zero-order chi connectivity index (χ0) is 13.6. The Morgan fingerprint density at radius 3 is 2.56 bits per heavy atom. The number of ether oxygens (including phenoxy) is 1. The van der Waals surface area contributed by atoms with Gasteiger partial charge in [0.25, 0.3) is 0 Å². The highest BCUT2D eigenvalue weighted by atomic mass is 35.7. The molecule has 18 heavy (non-hydrogen) atoms. The lowest BCUT2D eigenvalue weighted by molar-refractivity contribution is 0.305. The third-order valence-corrected chi connectivity index (χ3v) is 3.74. The summed E-state index contributed by atoms with van der Waals surface area (Å²) in [6.07, 6.45) is 1.85. The van der Waals surface area contributed by atoms with Crippen LogP contribution < -0.4 is 4.74 Å². The molecule has 0 amide bonds. The standard InChI is InChI=1S/C11H13Cl2FO3S/c12-10-5-4-9(8-11(10)14)17-6-2-1-3-7-18(13,15)16/h4-5,8H,1-3,6-7H2. The Morgan fingerprint density at radius 2 is 1.94 bits per heavy atom. The lowest BCUT2D eigenvalue weighted by Crippen LogP contribution is -2.01. The van der Waals surface area contributed by atoms with Crippen LogP contribution in [0, 0.1) is 5.82 Å². The number of unbranched alkanes of at least 4 members (excludes halogenated alkanes) is 2. The van der Waals surface area contributed by atoms with Crippen molar-refractivity contribution in [3.63, 3.8) is 0 Å². The van der Waals surface area contributed by atoms with Crippen LogP contribution >= 0.6 is 22.3 Å². The highest BCUT2D eigenvalue weighted by Gasteiger charge is 2.04. The van der Waals surface area contributed by atoms with Crippen LogP contribution in [0.1, 0.15) is 19.3 Å². The van der Waals surface area contributed by atoms with Crippen LogP contribution in [-0.2, 0) is 9.05 Å². The topological polar surface area (TPSA) is 43.4 Å². The quantitative estimate of drug-likeness (QED) is 0.570. The van der Waals surface area contributed by atoms with E-state index in [9.17, 15) is 12.8 Å². The number of hydrogen-bond acceptors (Lipinski definition) is 3. The van der Waals surface area contributed by atoms with Gasteiger partial charge in [-0.1, -0.05) is 11.6 Å². The molecular weight excluding hydrogens is 302 g/mol. The molecule has 0 bridgehead atoms. The summed E-state index contributed by atoms with van der Waals surface area (Å²) >= 11 is 5.53. The van der Waals surface area contributed by atoms with Crippen molar-refractivity contribution in [3.8, 4) is 5.75 Å². The minimum Gasteiger partial charge on any atom is -0.493 e. The van der Waals surface area contributed by atoms with Crippen LogP contribution in [0.3, 0.4) is 0 Å². The molecule has 0 aliphatic heterocycles. The monoisotopic (exact) mass is 314 g/mol. The average Bonchev–Trinajstić information content (AvgIpc) is 2.26. The van der Waals surface area contributed by atoms with E-state index >= 15 is 0 Å². The van der Waals surface area contributed by atoms with E-state index in [0.29, 0.717) is 31.6 Å². The third-order valence-electron chi connectivity index (χ3n) is 2.19. The Balaban J connectivity index is 2.20. The Kier molecular flexibility index (Phi) is 6.18. The van der Waals surface area contributed by atoms with Gasteiger partial charge in [0.2, 0.25) is 9.05 Å². The lowest BCUT2D eigenvalue weighted by atomic mass is 10.2. The maximum Gasteiger partial charge on any atom is 0.232 e. The predicted molar refractivity (Wildman–Crippen MR) is 70.4 cm³/mol. The van der Waals surface area contributed by atoms with Crippen LogP contribution in [0.4, 0.5) is 4.39 Å². The van der Waals surface area contributed by atoms with Crippen molar-refractivity contribution in [2.75, 3.05) is 12.4 Å². The Bertz CT molecular complexity index is 491. The van der Waals surface area contributed by atoms with E-state index in [2.05, 4.69) is 0 Å². The smallest absolute Gasteiger partial charge is 0.232 e. The number of benzene rings is 1. The number of hydrogen-bond donors (Lipinski definition) is 0. The molecule has 0 heterocycles. The van der Waals surface area contributed by atoms with E-state index in [-0.39, 0.29) is 10.8 Å². The molecule has 0 saturated heterocycles. The Morgan fingerprint density at radius 1 is 1.22 bits per heavy atom. The fraction of sp³-hybridized carbons (Fsp3) is 0.455. The van der Waals surface area contributed by atoms with Gasteiger partial charge >= 0.3 is 0 Å². The van der Waals surface area contributed by atoms with Crippen LogP contribution in [0.2, 0.25) is 5.02 Å². The molecule has 0 aliphatic carbocycles. The van der Waals surface area contributed by atoms with Gasteiger partial charge in [0.1, 0.15) is 11.6 Å². The molecule has 0 unspecified atom stereocenters. The molecule has 1 aromatic rings. The summed E-state index contributed by atoms with van der Waals surface area (Å²) in [5.41, 5.74) is 0. The Labute approximate surface area is 115 Å². The van der Waals surface area contributed by atoms with Crippen molar-refractivity contribution in [2.24, 2.45) is 0 Å². The molecule has 0 aliphatic rings. The van der Waals surface area contributed by atoms with Crippen LogP contribution in [0.25, 0.3) is 0 Å². The summed E-state index contributed by atoms with van der Waals surface area (Å²) in [7, 11) is 1.65. The van der Waals surface area contributed by atoms with E-state index in [4.69, 9.17) is 27.0 Å². The first kappa shape index (κ1) is 15.5. The maximum absolute atomic E-state index is 13.0.